The Bertz CT molecular complexity index is 756. The molecule has 4 heterocycles. The number of rotatable bonds is 5. The first-order valence-corrected chi connectivity index (χ1v) is 9.09. The predicted molar refractivity (Wildman–Crippen MR) is 96.8 cm³/mol. The number of nitro benzene ring substituents is 1. The highest BCUT2D eigenvalue weighted by atomic mass is 16.6. The van der Waals surface area contributed by atoms with E-state index in [0.717, 1.165) is 31.5 Å². The van der Waals surface area contributed by atoms with Crippen LogP contribution in [0.25, 0.3) is 0 Å². The number of fused-ring (bicyclic) bond motifs is 2. The lowest BCUT2D eigenvalue weighted by molar-refractivity contribution is -0.386. The van der Waals surface area contributed by atoms with Gasteiger partial charge in [0.05, 0.1) is 35.9 Å². The van der Waals surface area contributed by atoms with E-state index in [9.17, 15) is 10.1 Å². The molecule has 0 amide bonds. The predicted octanol–water partition coefficient (Wildman–Crippen LogP) is 2.49. The molecule has 0 radical (unpaired) electrons. The van der Waals surface area contributed by atoms with Gasteiger partial charge in [-0.25, -0.2) is 0 Å². The van der Waals surface area contributed by atoms with E-state index in [2.05, 4.69) is 15.4 Å². The summed E-state index contributed by atoms with van der Waals surface area (Å²) in [6, 6.07) is 3.50. The minimum Gasteiger partial charge on any atom is -0.493 e. The van der Waals surface area contributed by atoms with E-state index < -0.39 is 4.92 Å². The van der Waals surface area contributed by atoms with Gasteiger partial charge in [-0.2, -0.15) is 5.10 Å². The van der Waals surface area contributed by atoms with Gasteiger partial charge in [-0.1, -0.05) is 0 Å². The Balaban J connectivity index is 1.73. The van der Waals surface area contributed by atoms with Crippen molar-refractivity contribution in [2.75, 3.05) is 20.2 Å². The molecule has 5 rings (SSSR count). The van der Waals surface area contributed by atoms with Crippen molar-refractivity contribution >= 4 is 11.4 Å². The molecule has 8 nitrogen and oxygen atoms in total. The molecular formula is C18H24N4O4. The van der Waals surface area contributed by atoms with Crippen molar-refractivity contribution in [3.05, 3.63) is 27.8 Å². The van der Waals surface area contributed by atoms with Crippen molar-refractivity contribution in [2.45, 2.75) is 44.9 Å². The SMILES string of the molecule is COc1cc(C2NN=C3C4CCN(CC4)C32)cc([N+](=O)[O-])c1OC(C)C. The highest BCUT2D eigenvalue weighted by molar-refractivity contribution is 5.95. The lowest BCUT2D eigenvalue weighted by Crippen LogP contribution is -2.56. The Morgan fingerprint density at radius 1 is 1.35 bits per heavy atom. The van der Waals surface area contributed by atoms with Crippen LogP contribution < -0.4 is 14.9 Å². The van der Waals surface area contributed by atoms with E-state index >= 15 is 0 Å². The molecule has 2 unspecified atom stereocenters. The van der Waals surface area contributed by atoms with Gasteiger partial charge in [0.1, 0.15) is 0 Å². The van der Waals surface area contributed by atoms with E-state index in [1.807, 2.05) is 19.9 Å². The van der Waals surface area contributed by atoms with Gasteiger partial charge in [-0.05, 0) is 51.4 Å². The van der Waals surface area contributed by atoms with Crippen LogP contribution in [-0.4, -0.2) is 47.9 Å². The zero-order chi connectivity index (χ0) is 18.4. The first kappa shape index (κ1) is 17.1. The van der Waals surface area contributed by atoms with Crippen LogP contribution in [0, 0.1) is 16.0 Å². The number of hydrazone groups is 1. The fourth-order valence-corrected chi connectivity index (χ4v) is 4.34. The van der Waals surface area contributed by atoms with Gasteiger partial charge in [-0.15, -0.1) is 0 Å². The Morgan fingerprint density at radius 2 is 2.08 bits per heavy atom. The first-order chi connectivity index (χ1) is 12.5. The number of nitro groups is 1. The average molecular weight is 360 g/mol. The van der Waals surface area contributed by atoms with Crippen LogP contribution in [0.5, 0.6) is 11.5 Å². The molecule has 0 saturated carbocycles. The summed E-state index contributed by atoms with van der Waals surface area (Å²) in [7, 11) is 1.51. The van der Waals surface area contributed by atoms with Crippen LogP contribution in [0.15, 0.2) is 17.2 Å². The Hall–Kier alpha value is -2.35. The third-order valence-electron chi connectivity index (χ3n) is 5.48. The first-order valence-electron chi connectivity index (χ1n) is 9.09. The topological polar surface area (TPSA) is 89.2 Å². The second-order valence-corrected chi connectivity index (χ2v) is 7.39. The molecule has 140 valence electrons. The summed E-state index contributed by atoms with van der Waals surface area (Å²) < 4.78 is 11.1. The minimum atomic E-state index is -0.409. The van der Waals surface area contributed by atoms with Crippen LogP contribution in [0.4, 0.5) is 5.69 Å². The number of nitrogens with zero attached hydrogens (tertiary/aromatic N) is 3. The fourth-order valence-electron chi connectivity index (χ4n) is 4.34. The molecule has 0 spiro atoms. The van der Waals surface area contributed by atoms with Gasteiger partial charge in [0.15, 0.2) is 5.75 Å². The lowest BCUT2D eigenvalue weighted by atomic mass is 9.78. The zero-order valence-electron chi connectivity index (χ0n) is 15.3. The summed E-state index contributed by atoms with van der Waals surface area (Å²) in [5.74, 6) is 1.10. The van der Waals surface area contributed by atoms with Crippen LogP contribution in [0.2, 0.25) is 0 Å². The molecule has 4 aliphatic rings. The summed E-state index contributed by atoms with van der Waals surface area (Å²) in [6.45, 7) is 5.78. The highest BCUT2D eigenvalue weighted by Gasteiger charge is 2.47. The average Bonchev–Trinajstić information content (AvgIpc) is 3.09. The number of benzene rings is 1. The molecule has 1 aromatic rings. The second kappa shape index (κ2) is 6.42. The van der Waals surface area contributed by atoms with E-state index in [-0.39, 0.29) is 29.6 Å². The van der Waals surface area contributed by atoms with Gasteiger partial charge in [0.2, 0.25) is 5.75 Å². The maximum atomic E-state index is 11.7. The van der Waals surface area contributed by atoms with Gasteiger partial charge < -0.3 is 14.9 Å². The van der Waals surface area contributed by atoms with E-state index in [1.165, 1.54) is 12.8 Å². The van der Waals surface area contributed by atoms with Gasteiger partial charge in [0, 0.05) is 12.0 Å². The van der Waals surface area contributed by atoms with E-state index in [1.54, 1.807) is 6.07 Å². The number of methoxy groups -OCH3 is 1. The number of nitrogens with one attached hydrogen (secondary N) is 1. The molecular weight excluding hydrogens is 336 g/mol. The summed E-state index contributed by atoms with van der Waals surface area (Å²) in [5.41, 5.74) is 5.15. The number of ether oxygens (including phenoxy) is 2. The molecule has 0 aliphatic carbocycles. The summed E-state index contributed by atoms with van der Waals surface area (Å²) in [4.78, 5) is 13.7. The molecule has 26 heavy (non-hydrogen) atoms. The standard InChI is InChI=1S/C18H24N4O4/c1-10(2)26-18-13(22(23)24)8-12(9-14(18)25-3)16-17-15(19-20-16)11-4-6-21(17)7-5-11/h8-11,16-17,20H,4-7H2,1-3H3. The highest BCUT2D eigenvalue weighted by Crippen LogP contribution is 2.44. The normalized spacial score (nSPS) is 29.2. The molecule has 2 bridgehead atoms. The number of hydrogen-bond donors (Lipinski definition) is 1. The lowest BCUT2D eigenvalue weighted by Gasteiger charge is -2.45. The summed E-state index contributed by atoms with van der Waals surface area (Å²) in [5, 5.41) is 16.2. The van der Waals surface area contributed by atoms with E-state index in [4.69, 9.17) is 9.47 Å². The zero-order valence-corrected chi connectivity index (χ0v) is 15.3. The van der Waals surface area contributed by atoms with Crippen LogP contribution in [0.1, 0.15) is 38.3 Å². The molecule has 8 heteroatoms. The van der Waals surface area contributed by atoms with Crippen molar-refractivity contribution in [3.63, 3.8) is 0 Å². The minimum absolute atomic E-state index is 0.0701. The summed E-state index contributed by atoms with van der Waals surface area (Å²) >= 11 is 0. The van der Waals surface area contributed by atoms with E-state index in [0.29, 0.717) is 11.7 Å². The smallest absolute Gasteiger partial charge is 0.315 e. The third-order valence-corrected chi connectivity index (χ3v) is 5.48. The maximum Gasteiger partial charge on any atom is 0.315 e. The van der Waals surface area contributed by atoms with Gasteiger partial charge in [0.25, 0.3) is 0 Å². The Kier molecular flexibility index (Phi) is 4.22. The van der Waals surface area contributed by atoms with Gasteiger partial charge in [-0.3, -0.25) is 15.0 Å². The maximum absolute atomic E-state index is 11.7. The summed E-state index contributed by atoms with van der Waals surface area (Å²) in [6.07, 6.45) is 2.11. The van der Waals surface area contributed by atoms with Crippen molar-refractivity contribution in [1.82, 2.24) is 10.3 Å². The van der Waals surface area contributed by atoms with Crippen LogP contribution in [0.3, 0.4) is 0 Å². The fraction of sp³-hybridized carbons (Fsp3) is 0.611. The Labute approximate surface area is 152 Å². The number of hydrogen-bond acceptors (Lipinski definition) is 7. The second-order valence-electron chi connectivity index (χ2n) is 7.39. The largest absolute Gasteiger partial charge is 0.493 e. The van der Waals surface area contributed by atoms with Crippen LogP contribution in [-0.2, 0) is 0 Å². The van der Waals surface area contributed by atoms with Crippen molar-refractivity contribution in [3.8, 4) is 11.5 Å². The van der Waals surface area contributed by atoms with Crippen molar-refractivity contribution < 1.29 is 14.4 Å². The molecule has 0 aromatic heterocycles. The van der Waals surface area contributed by atoms with Crippen molar-refractivity contribution in [1.29, 1.82) is 0 Å². The number of piperidine rings is 3. The molecule has 3 saturated heterocycles. The van der Waals surface area contributed by atoms with Gasteiger partial charge >= 0.3 is 5.69 Å². The molecule has 1 N–H and O–H groups in total. The molecule has 2 atom stereocenters. The third kappa shape index (κ3) is 2.68. The molecule has 1 aromatic carbocycles. The van der Waals surface area contributed by atoms with Crippen molar-refractivity contribution in [2.24, 2.45) is 11.0 Å². The Morgan fingerprint density at radius 3 is 2.69 bits per heavy atom. The molecule has 4 aliphatic heterocycles. The molecule has 3 fully saturated rings. The monoisotopic (exact) mass is 360 g/mol. The van der Waals surface area contributed by atoms with Crippen LogP contribution >= 0.6 is 0 Å². The quantitative estimate of drug-likeness (QED) is 0.641.